The Morgan fingerprint density at radius 3 is 2.38 bits per heavy atom. The number of hydrogen-bond donors (Lipinski definition) is 2. The molecule has 0 unspecified atom stereocenters. The Hall–Kier alpha value is -3.17. The second-order valence-electron chi connectivity index (χ2n) is 5.94. The lowest BCUT2D eigenvalue weighted by molar-refractivity contribution is -0.148. The Balaban J connectivity index is 1.80. The second kappa shape index (κ2) is 9.35. The summed E-state index contributed by atoms with van der Waals surface area (Å²) < 4.78 is 5.19. The first kappa shape index (κ1) is 19.2. The molecule has 0 radical (unpaired) electrons. The van der Waals surface area contributed by atoms with E-state index < -0.39 is 24.0 Å². The molecular formula is C20H21N3O3. The van der Waals surface area contributed by atoms with Gasteiger partial charge in [0.2, 0.25) is 5.91 Å². The maximum absolute atomic E-state index is 12.2. The van der Waals surface area contributed by atoms with Crippen LogP contribution >= 0.6 is 0 Å². The summed E-state index contributed by atoms with van der Waals surface area (Å²) >= 11 is 0. The predicted molar refractivity (Wildman–Crippen MR) is 96.7 cm³/mol. The minimum absolute atomic E-state index is 0.150. The van der Waals surface area contributed by atoms with Gasteiger partial charge in [0.25, 0.3) is 0 Å². The van der Waals surface area contributed by atoms with E-state index >= 15 is 0 Å². The normalized spacial score (nSPS) is 12.5. The molecule has 1 amide bonds. The van der Waals surface area contributed by atoms with E-state index in [9.17, 15) is 9.59 Å². The van der Waals surface area contributed by atoms with Crippen LogP contribution in [0.3, 0.4) is 0 Å². The zero-order chi connectivity index (χ0) is 18.9. The summed E-state index contributed by atoms with van der Waals surface area (Å²) in [6.45, 7) is 1.71. The van der Waals surface area contributed by atoms with Crippen LogP contribution in [0.25, 0.3) is 0 Å². The van der Waals surface area contributed by atoms with E-state index in [1.165, 1.54) is 0 Å². The van der Waals surface area contributed by atoms with Crippen LogP contribution in [0.2, 0.25) is 0 Å². The van der Waals surface area contributed by atoms with Gasteiger partial charge in [-0.25, -0.2) is 4.79 Å². The average molecular weight is 351 g/mol. The lowest BCUT2D eigenvalue weighted by Gasteiger charge is -2.17. The number of hydrogen-bond acceptors (Lipinski definition) is 5. The van der Waals surface area contributed by atoms with Crippen LogP contribution in [-0.4, -0.2) is 24.0 Å². The third-order valence-corrected chi connectivity index (χ3v) is 3.81. The number of esters is 1. The Labute approximate surface area is 152 Å². The molecule has 6 heteroatoms. The molecule has 0 aliphatic rings. The third kappa shape index (κ3) is 5.72. The molecule has 2 aromatic carbocycles. The fourth-order valence-electron chi connectivity index (χ4n) is 2.30. The number of ether oxygens (including phenoxy) is 1. The lowest BCUT2D eigenvalue weighted by atomic mass is 10.0. The number of nitrogens with one attached hydrogen (secondary N) is 1. The van der Waals surface area contributed by atoms with Crippen molar-refractivity contribution in [2.45, 2.75) is 32.0 Å². The van der Waals surface area contributed by atoms with E-state index in [1.807, 2.05) is 36.4 Å². The van der Waals surface area contributed by atoms with Crippen LogP contribution in [0.4, 0.5) is 0 Å². The molecule has 134 valence electrons. The molecule has 0 heterocycles. The predicted octanol–water partition coefficient (Wildman–Crippen LogP) is 1.68. The lowest BCUT2D eigenvalue weighted by Crippen LogP contribution is -2.48. The maximum Gasteiger partial charge on any atom is 0.328 e. The van der Waals surface area contributed by atoms with Crippen molar-refractivity contribution >= 4 is 11.9 Å². The summed E-state index contributed by atoms with van der Waals surface area (Å²) in [5.41, 5.74) is 8.16. The van der Waals surface area contributed by atoms with Gasteiger partial charge in [0.15, 0.2) is 0 Å². The molecule has 26 heavy (non-hydrogen) atoms. The summed E-state index contributed by atoms with van der Waals surface area (Å²) in [5, 5.41) is 11.4. The topological polar surface area (TPSA) is 105 Å². The maximum atomic E-state index is 12.2. The third-order valence-electron chi connectivity index (χ3n) is 3.81. The van der Waals surface area contributed by atoms with Gasteiger partial charge < -0.3 is 15.8 Å². The Kier molecular flexibility index (Phi) is 6.89. The molecular weight excluding hydrogens is 330 g/mol. The summed E-state index contributed by atoms with van der Waals surface area (Å²) in [6.07, 6.45) is 0.309. The highest BCUT2D eigenvalue weighted by Gasteiger charge is 2.21. The highest BCUT2D eigenvalue weighted by molar-refractivity contribution is 5.87. The molecule has 0 aromatic heterocycles. The summed E-state index contributed by atoms with van der Waals surface area (Å²) in [4.78, 5) is 24.2. The molecule has 0 fully saturated rings. The zero-order valence-corrected chi connectivity index (χ0v) is 14.5. The summed E-state index contributed by atoms with van der Waals surface area (Å²) in [6, 6.07) is 16.6. The number of amides is 1. The van der Waals surface area contributed by atoms with Gasteiger partial charge in [0.05, 0.1) is 17.7 Å². The fourth-order valence-corrected chi connectivity index (χ4v) is 2.30. The van der Waals surface area contributed by atoms with E-state index in [-0.39, 0.29) is 6.61 Å². The van der Waals surface area contributed by atoms with E-state index in [4.69, 9.17) is 15.7 Å². The molecule has 2 aromatic rings. The first-order valence-corrected chi connectivity index (χ1v) is 8.25. The molecule has 3 N–H and O–H groups in total. The van der Waals surface area contributed by atoms with E-state index in [0.717, 1.165) is 11.1 Å². The van der Waals surface area contributed by atoms with Gasteiger partial charge in [-0.15, -0.1) is 0 Å². The van der Waals surface area contributed by atoms with Crippen molar-refractivity contribution in [3.8, 4) is 6.07 Å². The number of benzene rings is 2. The zero-order valence-electron chi connectivity index (χ0n) is 14.5. The van der Waals surface area contributed by atoms with Gasteiger partial charge >= 0.3 is 5.97 Å². The first-order valence-electron chi connectivity index (χ1n) is 8.25. The van der Waals surface area contributed by atoms with Crippen LogP contribution in [0, 0.1) is 11.3 Å². The van der Waals surface area contributed by atoms with Gasteiger partial charge in [-0.1, -0.05) is 42.5 Å². The number of rotatable bonds is 7. The van der Waals surface area contributed by atoms with Gasteiger partial charge in [-0.05, 0) is 36.6 Å². The van der Waals surface area contributed by atoms with E-state index in [2.05, 4.69) is 5.32 Å². The van der Waals surface area contributed by atoms with Crippen molar-refractivity contribution in [1.82, 2.24) is 5.32 Å². The number of nitriles is 1. The van der Waals surface area contributed by atoms with Crippen LogP contribution in [0.15, 0.2) is 54.6 Å². The average Bonchev–Trinajstić information content (AvgIpc) is 2.67. The standard InChI is InChI=1S/C20H21N3O3/c1-14(20(25)26-13-17-5-3-2-4-6-17)23-19(24)18(22)11-15-7-9-16(12-21)10-8-15/h2-10,14,18H,11,13,22H2,1H3,(H,23,24)/t14-,18+/m0/s1. The Morgan fingerprint density at radius 2 is 1.77 bits per heavy atom. The number of carbonyl (C=O) groups excluding carboxylic acids is 2. The number of nitrogens with two attached hydrogens (primary N) is 1. The Bertz CT molecular complexity index is 782. The monoisotopic (exact) mass is 351 g/mol. The van der Waals surface area contributed by atoms with Crippen LogP contribution in [0.1, 0.15) is 23.6 Å². The van der Waals surface area contributed by atoms with Gasteiger partial charge in [-0.3, -0.25) is 4.79 Å². The minimum Gasteiger partial charge on any atom is -0.459 e. The molecule has 0 bridgehead atoms. The van der Waals surface area contributed by atoms with Crippen molar-refractivity contribution in [2.75, 3.05) is 0 Å². The Morgan fingerprint density at radius 1 is 1.12 bits per heavy atom. The highest BCUT2D eigenvalue weighted by atomic mass is 16.5. The largest absolute Gasteiger partial charge is 0.459 e. The van der Waals surface area contributed by atoms with Gasteiger partial charge in [-0.2, -0.15) is 5.26 Å². The smallest absolute Gasteiger partial charge is 0.328 e. The van der Waals surface area contributed by atoms with Crippen LogP contribution in [-0.2, 0) is 27.4 Å². The SMILES string of the molecule is C[C@H](NC(=O)[C@H](N)Cc1ccc(C#N)cc1)C(=O)OCc1ccccc1. The number of nitrogens with zero attached hydrogens (tertiary/aromatic N) is 1. The fraction of sp³-hybridized carbons (Fsp3) is 0.250. The minimum atomic E-state index is -0.799. The summed E-state index contributed by atoms with van der Waals surface area (Å²) in [5.74, 6) is -0.953. The van der Waals surface area contributed by atoms with Gasteiger partial charge in [0, 0.05) is 0 Å². The molecule has 2 atom stereocenters. The molecule has 6 nitrogen and oxygen atoms in total. The van der Waals surface area contributed by atoms with Gasteiger partial charge in [0.1, 0.15) is 12.6 Å². The number of carbonyl (C=O) groups is 2. The first-order chi connectivity index (χ1) is 12.5. The van der Waals surface area contributed by atoms with Crippen molar-refractivity contribution in [2.24, 2.45) is 5.73 Å². The van der Waals surface area contributed by atoms with Crippen molar-refractivity contribution in [3.63, 3.8) is 0 Å². The molecule has 0 aliphatic heterocycles. The van der Waals surface area contributed by atoms with Crippen molar-refractivity contribution < 1.29 is 14.3 Å². The van der Waals surface area contributed by atoms with E-state index in [1.54, 1.807) is 31.2 Å². The van der Waals surface area contributed by atoms with E-state index in [0.29, 0.717) is 12.0 Å². The molecule has 0 saturated heterocycles. The molecule has 0 saturated carbocycles. The van der Waals surface area contributed by atoms with Crippen molar-refractivity contribution in [1.29, 1.82) is 5.26 Å². The molecule has 0 aliphatic carbocycles. The van der Waals surface area contributed by atoms with Crippen LogP contribution in [0.5, 0.6) is 0 Å². The quantitative estimate of drug-likeness (QED) is 0.738. The summed E-state index contributed by atoms with van der Waals surface area (Å²) in [7, 11) is 0. The molecule has 2 rings (SSSR count). The second-order valence-corrected chi connectivity index (χ2v) is 5.94. The molecule has 0 spiro atoms. The highest BCUT2D eigenvalue weighted by Crippen LogP contribution is 2.06. The van der Waals surface area contributed by atoms with Crippen molar-refractivity contribution in [3.05, 3.63) is 71.3 Å². The van der Waals surface area contributed by atoms with Crippen LogP contribution < -0.4 is 11.1 Å².